The predicted molar refractivity (Wildman–Crippen MR) is 84.7 cm³/mol. The Balaban J connectivity index is 2.42. The van der Waals surface area contributed by atoms with Crippen molar-refractivity contribution in [3.05, 3.63) is 70.5 Å². The summed E-state index contributed by atoms with van der Waals surface area (Å²) in [6.45, 7) is 0. The van der Waals surface area contributed by atoms with Crippen LogP contribution in [0.2, 0.25) is 5.02 Å². The molecule has 0 N–H and O–H groups in total. The molecule has 0 saturated heterocycles. The maximum atomic E-state index is 13.9. The highest BCUT2D eigenvalue weighted by atomic mass is 35.5. The molecule has 4 heteroatoms. The molecule has 0 amide bonds. The van der Waals surface area contributed by atoms with Gasteiger partial charge in [-0.15, -0.1) is 23.2 Å². The molecule has 0 radical (unpaired) electrons. The first-order chi connectivity index (χ1) is 9.61. The van der Waals surface area contributed by atoms with Crippen LogP contribution in [0.4, 0.5) is 4.39 Å². The van der Waals surface area contributed by atoms with Gasteiger partial charge in [0, 0.05) is 22.2 Å². The Hall–Kier alpha value is -0.760. The number of hydrogen-bond donors (Lipinski definition) is 0. The molecule has 0 bridgehead atoms. The van der Waals surface area contributed by atoms with Gasteiger partial charge in [0.15, 0.2) is 0 Å². The van der Waals surface area contributed by atoms with Gasteiger partial charge in [0.1, 0.15) is 5.82 Å². The Bertz CT molecular complexity index is 565. The first-order valence-corrected chi connectivity index (χ1v) is 7.67. The predicted octanol–water partition coefficient (Wildman–Crippen LogP) is 5.44. The lowest BCUT2D eigenvalue weighted by molar-refractivity contribution is 0.512. The zero-order chi connectivity index (χ0) is 14.6. The van der Waals surface area contributed by atoms with Crippen LogP contribution in [0.15, 0.2) is 48.5 Å². The van der Waals surface area contributed by atoms with Crippen molar-refractivity contribution in [1.82, 2.24) is 0 Å². The van der Waals surface area contributed by atoms with E-state index in [2.05, 4.69) is 0 Å². The van der Waals surface area contributed by atoms with E-state index in [1.807, 2.05) is 30.3 Å². The maximum Gasteiger partial charge on any atom is 0.126 e. The maximum absolute atomic E-state index is 13.9. The molecule has 0 atom stereocenters. The summed E-state index contributed by atoms with van der Waals surface area (Å²) in [4.78, 5) is 0. The molecule has 0 heterocycles. The highest BCUT2D eigenvalue weighted by molar-refractivity contribution is 6.30. The van der Waals surface area contributed by atoms with Crippen molar-refractivity contribution in [3.63, 3.8) is 0 Å². The summed E-state index contributed by atoms with van der Waals surface area (Å²) < 4.78 is 13.9. The van der Waals surface area contributed by atoms with E-state index in [4.69, 9.17) is 34.8 Å². The number of rotatable bonds is 5. The lowest BCUT2D eigenvalue weighted by Gasteiger charge is -2.30. The number of alkyl halides is 2. The number of hydrogen-bond acceptors (Lipinski definition) is 0. The van der Waals surface area contributed by atoms with Crippen molar-refractivity contribution < 1.29 is 4.39 Å². The van der Waals surface area contributed by atoms with Gasteiger partial charge in [0.05, 0.1) is 0 Å². The van der Waals surface area contributed by atoms with Crippen molar-refractivity contribution in [1.29, 1.82) is 0 Å². The van der Waals surface area contributed by atoms with Gasteiger partial charge in [-0.3, -0.25) is 0 Å². The zero-order valence-corrected chi connectivity index (χ0v) is 13.0. The summed E-state index contributed by atoms with van der Waals surface area (Å²) in [5.74, 6) is 0.337. The van der Waals surface area contributed by atoms with E-state index in [0.717, 1.165) is 5.56 Å². The van der Waals surface area contributed by atoms with Gasteiger partial charge in [-0.25, -0.2) is 4.39 Å². The monoisotopic (exact) mass is 330 g/mol. The van der Waals surface area contributed by atoms with Crippen LogP contribution in [-0.4, -0.2) is 11.8 Å². The molecule has 20 heavy (non-hydrogen) atoms. The van der Waals surface area contributed by atoms with E-state index >= 15 is 0 Å². The average molecular weight is 332 g/mol. The van der Waals surface area contributed by atoms with E-state index in [1.54, 1.807) is 6.07 Å². The first-order valence-electron chi connectivity index (χ1n) is 6.23. The van der Waals surface area contributed by atoms with Crippen molar-refractivity contribution in [3.8, 4) is 0 Å². The Morgan fingerprint density at radius 1 is 0.950 bits per heavy atom. The molecule has 0 spiro atoms. The smallest absolute Gasteiger partial charge is 0.126 e. The molecular weight excluding hydrogens is 318 g/mol. The molecule has 2 aromatic rings. The van der Waals surface area contributed by atoms with E-state index < -0.39 is 5.41 Å². The topological polar surface area (TPSA) is 0 Å². The minimum Gasteiger partial charge on any atom is -0.207 e. The fourth-order valence-electron chi connectivity index (χ4n) is 2.22. The number of benzene rings is 2. The Kier molecular flexibility index (Phi) is 5.31. The van der Waals surface area contributed by atoms with E-state index in [9.17, 15) is 4.39 Å². The van der Waals surface area contributed by atoms with Gasteiger partial charge in [0.2, 0.25) is 0 Å². The molecule has 0 aliphatic rings. The van der Waals surface area contributed by atoms with Gasteiger partial charge in [-0.2, -0.15) is 0 Å². The minimum absolute atomic E-state index is 0.287. The SMILES string of the molecule is Fc1ccc(Cl)cc1CC(CCl)(CCl)c1ccccc1. The van der Waals surface area contributed by atoms with Gasteiger partial charge in [0.25, 0.3) is 0 Å². The summed E-state index contributed by atoms with van der Waals surface area (Å²) >= 11 is 18.3. The molecule has 0 nitrogen and oxygen atoms in total. The lowest BCUT2D eigenvalue weighted by atomic mass is 9.78. The standard InChI is InChI=1S/C16H14Cl3F/c17-10-16(11-18,13-4-2-1-3-5-13)9-12-8-14(19)6-7-15(12)20/h1-8H,9-11H2. The Labute approximate surface area is 133 Å². The molecule has 0 unspecified atom stereocenters. The normalized spacial score (nSPS) is 11.6. The van der Waals surface area contributed by atoms with Gasteiger partial charge in [-0.1, -0.05) is 41.9 Å². The van der Waals surface area contributed by atoms with Crippen LogP contribution in [0.5, 0.6) is 0 Å². The van der Waals surface area contributed by atoms with Crippen LogP contribution >= 0.6 is 34.8 Å². The van der Waals surface area contributed by atoms with Crippen LogP contribution in [0.3, 0.4) is 0 Å². The molecule has 106 valence electrons. The Morgan fingerprint density at radius 2 is 1.60 bits per heavy atom. The summed E-state index contributed by atoms with van der Waals surface area (Å²) in [5, 5.41) is 0.507. The van der Waals surface area contributed by atoms with Crippen molar-refractivity contribution in [2.45, 2.75) is 11.8 Å². The largest absolute Gasteiger partial charge is 0.207 e. The summed E-state index contributed by atoms with van der Waals surface area (Å²) in [6.07, 6.45) is 0.413. The fourth-order valence-corrected chi connectivity index (χ4v) is 3.20. The summed E-state index contributed by atoms with van der Waals surface area (Å²) in [7, 11) is 0. The van der Waals surface area contributed by atoms with Crippen LogP contribution in [-0.2, 0) is 11.8 Å². The zero-order valence-electron chi connectivity index (χ0n) is 10.8. The van der Waals surface area contributed by atoms with Gasteiger partial charge in [-0.05, 0) is 35.7 Å². The molecule has 0 saturated carbocycles. The van der Waals surface area contributed by atoms with E-state index in [0.29, 0.717) is 28.8 Å². The quantitative estimate of drug-likeness (QED) is 0.640. The average Bonchev–Trinajstić information content (AvgIpc) is 2.49. The molecule has 2 rings (SSSR count). The highest BCUT2D eigenvalue weighted by Gasteiger charge is 2.31. The van der Waals surface area contributed by atoms with E-state index in [-0.39, 0.29) is 5.82 Å². The molecular formula is C16H14Cl3F. The summed E-state index contributed by atoms with van der Waals surface area (Å²) in [5.41, 5.74) is 1.03. The van der Waals surface area contributed by atoms with Gasteiger partial charge >= 0.3 is 0 Å². The second-order valence-corrected chi connectivity index (χ2v) is 5.80. The van der Waals surface area contributed by atoms with Gasteiger partial charge < -0.3 is 0 Å². The minimum atomic E-state index is -0.504. The van der Waals surface area contributed by atoms with Crippen molar-refractivity contribution in [2.24, 2.45) is 0 Å². The van der Waals surface area contributed by atoms with Crippen LogP contribution in [0.1, 0.15) is 11.1 Å². The van der Waals surface area contributed by atoms with Crippen molar-refractivity contribution in [2.75, 3.05) is 11.8 Å². The lowest BCUT2D eigenvalue weighted by Crippen LogP contribution is -2.33. The molecule has 0 aliphatic carbocycles. The third kappa shape index (κ3) is 3.28. The van der Waals surface area contributed by atoms with Crippen LogP contribution in [0, 0.1) is 5.82 Å². The molecule has 0 aliphatic heterocycles. The molecule has 0 aromatic heterocycles. The number of halogens is 4. The Morgan fingerprint density at radius 3 is 2.20 bits per heavy atom. The highest BCUT2D eigenvalue weighted by Crippen LogP contribution is 2.33. The summed E-state index contributed by atoms with van der Waals surface area (Å²) in [6, 6.07) is 14.3. The van der Waals surface area contributed by atoms with Crippen LogP contribution in [0.25, 0.3) is 0 Å². The van der Waals surface area contributed by atoms with Crippen molar-refractivity contribution >= 4 is 34.8 Å². The van der Waals surface area contributed by atoms with Crippen LogP contribution < -0.4 is 0 Å². The third-order valence-corrected chi connectivity index (χ3v) is 4.69. The molecule has 2 aromatic carbocycles. The molecule has 0 fully saturated rings. The second kappa shape index (κ2) is 6.80. The van der Waals surface area contributed by atoms with E-state index in [1.165, 1.54) is 12.1 Å². The third-order valence-electron chi connectivity index (χ3n) is 3.43. The fraction of sp³-hybridized carbons (Fsp3) is 0.250. The second-order valence-electron chi connectivity index (χ2n) is 4.83. The first kappa shape index (κ1) is 15.6.